The average Bonchev–Trinajstić information content (AvgIpc) is 2.67. The largest absolute Gasteiger partial charge is 0.493 e. The Morgan fingerprint density at radius 1 is 1.04 bits per heavy atom. The van der Waals surface area contributed by atoms with Crippen LogP contribution in [0.4, 0.5) is 4.39 Å². The van der Waals surface area contributed by atoms with Crippen LogP contribution in [0.3, 0.4) is 0 Å². The number of alkyl halides is 1. The van der Waals surface area contributed by atoms with Crippen LogP contribution in [0, 0.1) is 5.82 Å². The second-order valence-electron chi connectivity index (χ2n) is 7.55. The highest BCUT2D eigenvalue weighted by Crippen LogP contribution is 2.50. The molecule has 0 spiro atoms. The van der Waals surface area contributed by atoms with Crippen LogP contribution in [0.15, 0.2) is 36.4 Å². The number of halogens is 2. The molecule has 0 saturated heterocycles. The van der Waals surface area contributed by atoms with E-state index >= 15 is 0 Å². The zero-order chi connectivity index (χ0) is 19.7. The van der Waals surface area contributed by atoms with Crippen molar-refractivity contribution >= 4 is 11.6 Å². The van der Waals surface area contributed by atoms with E-state index < -0.39 is 5.60 Å². The standard InChI is InChI=1S/C22H26ClFO3/c1-21(2)14-27-22(10-5-11-23,15-6-8-16(24)9-7-15)18-13-20(26-4)19(25-3)12-17(18)21/h6-9,12-13H,5,10-11,14H2,1-4H3. The van der Waals surface area contributed by atoms with E-state index in [1.165, 1.54) is 12.1 Å². The van der Waals surface area contributed by atoms with E-state index in [2.05, 4.69) is 13.8 Å². The van der Waals surface area contributed by atoms with Crippen LogP contribution in [-0.4, -0.2) is 26.7 Å². The molecule has 0 radical (unpaired) electrons. The predicted molar refractivity (Wildman–Crippen MR) is 106 cm³/mol. The molecule has 3 nitrogen and oxygen atoms in total. The summed E-state index contributed by atoms with van der Waals surface area (Å²) in [6.07, 6.45) is 1.47. The SMILES string of the molecule is COc1cc2c(cc1OC)C(CCCCl)(c1ccc(F)cc1)OCC2(C)C. The van der Waals surface area contributed by atoms with E-state index in [1.54, 1.807) is 26.4 Å². The fraction of sp³-hybridized carbons (Fsp3) is 0.455. The first-order valence-electron chi connectivity index (χ1n) is 9.11. The van der Waals surface area contributed by atoms with E-state index in [4.69, 9.17) is 25.8 Å². The van der Waals surface area contributed by atoms with Crippen LogP contribution in [0.25, 0.3) is 0 Å². The molecule has 0 bridgehead atoms. The minimum atomic E-state index is -0.701. The highest BCUT2D eigenvalue weighted by molar-refractivity contribution is 6.17. The third-order valence-corrected chi connectivity index (χ3v) is 5.61. The van der Waals surface area contributed by atoms with Crippen LogP contribution in [-0.2, 0) is 15.8 Å². The molecule has 0 fully saturated rings. The number of benzene rings is 2. The van der Waals surface area contributed by atoms with Crippen molar-refractivity contribution in [2.45, 2.75) is 37.7 Å². The predicted octanol–water partition coefficient (Wildman–Crippen LogP) is 5.41. The van der Waals surface area contributed by atoms with Gasteiger partial charge in [-0.25, -0.2) is 4.39 Å². The van der Waals surface area contributed by atoms with Crippen LogP contribution >= 0.6 is 11.6 Å². The molecule has 0 amide bonds. The number of rotatable bonds is 6. The minimum Gasteiger partial charge on any atom is -0.493 e. The number of methoxy groups -OCH3 is 2. The highest BCUT2D eigenvalue weighted by Gasteiger charge is 2.45. The maximum absolute atomic E-state index is 13.6. The molecule has 3 rings (SSSR count). The molecule has 1 aliphatic rings. The lowest BCUT2D eigenvalue weighted by Gasteiger charge is -2.46. The molecule has 0 aromatic heterocycles. The maximum Gasteiger partial charge on any atom is 0.161 e. The molecule has 146 valence electrons. The van der Waals surface area contributed by atoms with E-state index in [1.807, 2.05) is 12.1 Å². The number of hydrogen-bond acceptors (Lipinski definition) is 3. The summed E-state index contributed by atoms with van der Waals surface area (Å²) < 4.78 is 31.2. The molecular weight excluding hydrogens is 367 g/mol. The second kappa shape index (κ2) is 7.69. The smallest absolute Gasteiger partial charge is 0.161 e. The molecule has 1 unspecified atom stereocenters. The van der Waals surface area contributed by atoms with Crippen LogP contribution < -0.4 is 9.47 Å². The summed E-state index contributed by atoms with van der Waals surface area (Å²) in [4.78, 5) is 0. The van der Waals surface area contributed by atoms with Crippen molar-refractivity contribution in [3.05, 3.63) is 58.9 Å². The normalized spacial score (nSPS) is 20.8. The Hall–Kier alpha value is -1.78. The van der Waals surface area contributed by atoms with Gasteiger partial charge in [0.15, 0.2) is 11.5 Å². The summed E-state index contributed by atoms with van der Waals surface area (Å²) >= 11 is 6.02. The molecule has 0 aliphatic carbocycles. The van der Waals surface area contributed by atoms with Gasteiger partial charge in [-0.3, -0.25) is 0 Å². The van der Waals surface area contributed by atoms with Crippen molar-refractivity contribution < 1.29 is 18.6 Å². The second-order valence-corrected chi connectivity index (χ2v) is 7.93. The first kappa shape index (κ1) is 20.0. The number of hydrogen-bond donors (Lipinski definition) is 0. The van der Waals surface area contributed by atoms with Crippen LogP contribution in [0.1, 0.15) is 43.4 Å². The van der Waals surface area contributed by atoms with Crippen molar-refractivity contribution in [2.24, 2.45) is 0 Å². The van der Waals surface area contributed by atoms with E-state index in [9.17, 15) is 4.39 Å². The number of fused-ring (bicyclic) bond motifs is 1. The van der Waals surface area contributed by atoms with Gasteiger partial charge in [-0.1, -0.05) is 26.0 Å². The molecule has 1 aliphatic heterocycles. The van der Waals surface area contributed by atoms with Crippen molar-refractivity contribution in [1.29, 1.82) is 0 Å². The van der Waals surface area contributed by atoms with Gasteiger partial charge in [0, 0.05) is 11.3 Å². The quantitative estimate of drug-likeness (QED) is 0.615. The topological polar surface area (TPSA) is 27.7 Å². The van der Waals surface area contributed by atoms with Gasteiger partial charge in [-0.2, -0.15) is 0 Å². The average molecular weight is 393 g/mol. The highest BCUT2D eigenvalue weighted by atomic mass is 35.5. The zero-order valence-corrected chi connectivity index (χ0v) is 17.0. The molecule has 0 N–H and O–H groups in total. The van der Waals surface area contributed by atoms with E-state index in [-0.39, 0.29) is 11.2 Å². The third-order valence-electron chi connectivity index (χ3n) is 5.34. The Balaban J connectivity index is 2.28. The molecule has 27 heavy (non-hydrogen) atoms. The lowest BCUT2D eigenvalue weighted by Crippen LogP contribution is -2.44. The van der Waals surface area contributed by atoms with Gasteiger partial charge in [0.1, 0.15) is 11.4 Å². The van der Waals surface area contributed by atoms with Gasteiger partial charge in [0.05, 0.1) is 20.8 Å². The summed E-state index contributed by atoms with van der Waals surface area (Å²) in [5.41, 5.74) is 2.18. The van der Waals surface area contributed by atoms with Crippen molar-refractivity contribution in [3.63, 3.8) is 0 Å². The lowest BCUT2D eigenvalue weighted by atomic mass is 9.70. The van der Waals surface area contributed by atoms with Gasteiger partial charge in [0.2, 0.25) is 0 Å². The lowest BCUT2D eigenvalue weighted by molar-refractivity contribution is -0.0615. The third kappa shape index (κ3) is 3.53. The molecule has 0 saturated carbocycles. The van der Waals surface area contributed by atoms with Crippen molar-refractivity contribution in [3.8, 4) is 11.5 Å². The minimum absolute atomic E-state index is 0.195. The van der Waals surface area contributed by atoms with E-state index in [0.29, 0.717) is 30.4 Å². The van der Waals surface area contributed by atoms with Gasteiger partial charge < -0.3 is 14.2 Å². The Labute approximate surface area is 165 Å². The van der Waals surface area contributed by atoms with Gasteiger partial charge in [0.25, 0.3) is 0 Å². The summed E-state index contributed by atoms with van der Waals surface area (Å²) in [5, 5.41) is 0. The van der Waals surface area contributed by atoms with Crippen molar-refractivity contribution in [2.75, 3.05) is 26.7 Å². The molecule has 1 heterocycles. The summed E-state index contributed by atoms with van der Waals surface area (Å²) in [6, 6.07) is 10.6. The molecule has 2 aromatic carbocycles. The zero-order valence-electron chi connectivity index (χ0n) is 16.3. The van der Waals surface area contributed by atoms with Crippen LogP contribution in [0.2, 0.25) is 0 Å². The molecule has 5 heteroatoms. The molecule has 1 atom stereocenters. The summed E-state index contributed by atoms with van der Waals surface area (Å²) in [5.74, 6) is 1.60. The Bertz CT molecular complexity index is 804. The van der Waals surface area contributed by atoms with E-state index in [0.717, 1.165) is 23.1 Å². The molecule has 2 aromatic rings. The Morgan fingerprint density at radius 2 is 1.63 bits per heavy atom. The molecular formula is C22H26ClFO3. The monoisotopic (exact) mass is 392 g/mol. The number of ether oxygens (including phenoxy) is 3. The van der Waals surface area contributed by atoms with Gasteiger partial charge in [-0.15, -0.1) is 11.6 Å². The van der Waals surface area contributed by atoms with Gasteiger partial charge in [-0.05, 0) is 53.8 Å². The fourth-order valence-electron chi connectivity index (χ4n) is 3.86. The first-order chi connectivity index (χ1) is 12.9. The first-order valence-corrected chi connectivity index (χ1v) is 9.64. The fourth-order valence-corrected chi connectivity index (χ4v) is 3.99. The van der Waals surface area contributed by atoms with Crippen LogP contribution in [0.5, 0.6) is 11.5 Å². The van der Waals surface area contributed by atoms with Gasteiger partial charge >= 0.3 is 0 Å². The van der Waals surface area contributed by atoms with Crippen molar-refractivity contribution in [1.82, 2.24) is 0 Å². The summed E-state index contributed by atoms with van der Waals surface area (Å²) in [7, 11) is 3.26. The Kier molecular flexibility index (Phi) is 5.68. The maximum atomic E-state index is 13.6. The summed E-state index contributed by atoms with van der Waals surface area (Å²) in [6.45, 7) is 4.83. The Morgan fingerprint density at radius 3 is 2.19 bits per heavy atom.